The summed E-state index contributed by atoms with van der Waals surface area (Å²) >= 11 is 0. The van der Waals surface area contributed by atoms with Gasteiger partial charge in [0.05, 0.1) is 12.2 Å². The Bertz CT molecular complexity index is 308. The molecule has 0 aromatic carbocycles. The van der Waals surface area contributed by atoms with Crippen molar-refractivity contribution in [3.05, 3.63) is 17.0 Å². The zero-order valence-electron chi connectivity index (χ0n) is 8.83. The quantitative estimate of drug-likeness (QED) is 0.777. The number of ether oxygens (including phenoxy) is 1. The van der Waals surface area contributed by atoms with Gasteiger partial charge < -0.3 is 14.6 Å². The standard InChI is InChI=1S/C10H16N2O2/c1-6-4-9-10(7(2)13-6)8(5-11-3)12-14-9/h6-7,11H,4-5H2,1-3H3. The van der Waals surface area contributed by atoms with Gasteiger partial charge >= 0.3 is 0 Å². The normalized spacial score (nSPS) is 26.2. The first-order chi connectivity index (χ1) is 6.72. The molecule has 1 aromatic rings. The van der Waals surface area contributed by atoms with Crippen LogP contribution in [0.2, 0.25) is 0 Å². The van der Waals surface area contributed by atoms with Crippen molar-refractivity contribution < 1.29 is 9.26 Å². The first-order valence-electron chi connectivity index (χ1n) is 4.99. The van der Waals surface area contributed by atoms with Gasteiger partial charge in [0.2, 0.25) is 0 Å². The van der Waals surface area contributed by atoms with Gasteiger partial charge in [0.1, 0.15) is 11.5 Å². The van der Waals surface area contributed by atoms with Crippen LogP contribution in [0.1, 0.15) is 37.0 Å². The van der Waals surface area contributed by atoms with Crippen LogP contribution in [-0.2, 0) is 17.7 Å². The SMILES string of the molecule is CNCc1noc2c1C(C)OC(C)C2. The van der Waals surface area contributed by atoms with E-state index in [0.29, 0.717) is 0 Å². The fourth-order valence-corrected chi connectivity index (χ4v) is 2.00. The zero-order valence-corrected chi connectivity index (χ0v) is 8.83. The minimum Gasteiger partial charge on any atom is -0.370 e. The van der Waals surface area contributed by atoms with Crippen LogP contribution in [0, 0.1) is 0 Å². The highest BCUT2D eigenvalue weighted by Crippen LogP contribution is 2.32. The number of nitrogens with zero attached hydrogens (tertiary/aromatic N) is 1. The molecule has 78 valence electrons. The predicted octanol–water partition coefficient (Wildman–Crippen LogP) is 1.42. The summed E-state index contributed by atoms with van der Waals surface area (Å²) in [5.41, 5.74) is 2.11. The molecule has 0 bridgehead atoms. The van der Waals surface area contributed by atoms with E-state index in [9.17, 15) is 0 Å². The van der Waals surface area contributed by atoms with Gasteiger partial charge in [-0.1, -0.05) is 5.16 Å². The first kappa shape index (κ1) is 9.68. The molecule has 1 aliphatic heterocycles. The molecule has 0 saturated carbocycles. The van der Waals surface area contributed by atoms with Gasteiger partial charge in [-0.15, -0.1) is 0 Å². The van der Waals surface area contributed by atoms with Crippen molar-refractivity contribution in [3.8, 4) is 0 Å². The molecule has 0 spiro atoms. The van der Waals surface area contributed by atoms with Crippen molar-refractivity contribution in [2.45, 2.75) is 39.0 Å². The second-order valence-electron chi connectivity index (χ2n) is 3.79. The largest absolute Gasteiger partial charge is 0.370 e. The van der Waals surface area contributed by atoms with E-state index >= 15 is 0 Å². The summed E-state index contributed by atoms with van der Waals surface area (Å²) < 4.78 is 11.0. The second kappa shape index (κ2) is 3.71. The van der Waals surface area contributed by atoms with Gasteiger partial charge in [0.25, 0.3) is 0 Å². The van der Waals surface area contributed by atoms with Crippen LogP contribution < -0.4 is 5.32 Å². The second-order valence-corrected chi connectivity index (χ2v) is 3.79. The van der Waals surface area contributed by atoms with E-state index in [0.717, 1.165) is 30.0 Å². The van der Waals surface area contributed by atoms with Gasteiger partial charge in [0, 0.05) is 18.5 Å². The zero-order chi connectivity index (χ0) is 10.1. The minimum absolute atomic E-state index is 0.100. The number of hydrogen-bond acceptors (Lipinski definition) is 4. The molecular weight excluding hydrogens is 180 g/mol. The van der Waals surface area contributed by atoms with Crippen molar-refractivity contribution in [3.63, 3.8) is 0 Å². The molecule has 4 heteroatoms. The maximum Gasteiger partial charge on any atom is 0.145 e. The summed E-state index contributed by atoms with van der Waals surface area (Å²) in [5.74, 6) is 0.988. The van der Waals surface area contributed by atoms with Crippen molar-refractivity contribution in [1.29, 1.82) is 0 Å². The first-order valence-corrected chi connectivity index (χ1v) is 4.99. The summed E-state index contributed by atoms with van der Waals surface area (Å²) in [6.45, 7) is 4.84. The molecule has 0 fully saturated rings. The summed E-state index contributed by atoms with van der Waals surface area (Å²) in [6.07, 6.45) is 1.16. The van der Waals surface area contributed by atoms with Gasteiger partial charge in [0.15, 0.2) is 0 Å². The molecular formula is C10H16N2O2. The van der Waals surface area contributed by atoms with E-state index in [1.807, 2.05) is 14.0 Å². The molecule has 2 unspecified atom stereocenters. The number of hydrogen-bond donors (Lipinski definition) is 1. The van der Waals surface area contributed by atoms with Gasteiger partial charge in [-0.3, -0.25) is 0 Å². The van der Waals surface area contributed by atoms with Crippen LogP contribution in [0.25, 0.3) is 0 Å². The molecule has 2 atom stereocenters. The van der Waals surface area contributed by atoms with Crippen molar-refractivity contribution in [1.82, 2.24) is 10.5 Å². The lowest BCUT2D eigenvalue weighted by atomic mass is 10.0. The summed E-state index contributed by atoms with van der Waals surface area (Å²) in [7, 11) is 1.90. The Balaban J connectivity index is 2.32. The molecule has 1 aromatic heterocycles. The maximum absolute atomic E-state index is 5.73. The van der Waals surface area contributed by atoms with E-state index in [4.69, 9.17) is 9.26 Å². The lowest BCUT2D eigenvalue weighted by Crippen LogP contribution is -2.22. The van der Waals surface area contributed by atoms with Crippen molar-refractivity contribution in [2.75, 3.05) is 7.05 Å². The number of aromatic nitrogens is 1. The Morgan fingerprint density at radius 3 is 3.00 bits per heavy atom. The average molecular weight is 196 g/mol. The molecule has 0 amide bonds. The third-order valence-corrected chi connectivity index (χ3v) is 2.54. The maximum atomic E-state index is 5.73. The molecule has 0 radical (unpaired) electrons. The number of fused-ring (bicyclic) bond motifs is 1. The van der Waals surface area contributed by atoms with Gasteiger partial charge in [-0.25, -0.2) is 0 Å². The van der Waals surface area contributed by atoms with E-state index in [1.54, 1.807) is 0 Å². The lowest BCUT2D eigenvalue weighted by molar-refractivity contribution is -0.0102. The van der Waals surface area contributed by atoms with Crippen LogP contribution in [0.5, 0.6) is 0 Å². The Hall–Kier alpha value is -0.870. The van der Waals surface area contributed by atoms with Crippen molar-refractivity contribution >= 4 is 0 Å². The fraction of sp³-hybridized carbons (Fsp3) is 0.700. The number of nitrogens with one attached hydrogen (secondary N) is 1. The Labute approximate surface area is 83.6 Å². The molecule has 14 heavy (non-hydrogen) atoms. The third kappa shape index (κ3) is 1.55. The van der Waals surface area contributed by atoms with Crippen molar-refractivity contribution in [2.24, 2.45) is 0 Å². The van der Waals surface area contributed by atoms with E-state index in [1.165, 1.54) is 0 Å². The predicted molar refractivity (Wildman–Crippen MR) is 51.9 cm³/mol. The van der Waals surface area contributed by atoms with Crippen LogP contribution in [0.3, 0.4) is 0 Å². The molecule has 0 aliphatic carbocycles. The Morgan fingerprint density at radius 1 is 1.50 bits per heavy atom. The minimum atomic E-state index is 0.100. The Morgan fingerprint density at radius 2 is 2.29 bits per heavy atom. The molecule has 0 saturated heterocycles. The summed E-state index contributed by atoms with van der Waals surface area (Å²) in [6, 6.07) is 0. The Kier molecular flexibility index (Phi) is 2.56. The van der Waals surface area contributed by atoms with E-state index in [2.05, 4.69) is 17.4 Å². The summed E-state index contributed by atoms with van der Waals surface area (Å²) in [4.78, 5) is 0. The number of rotatable bonds is 2. The van der Waals surface area contributed by atoms with Gasteiger partial charge in [-0.2, -0.15) is 0 Å². The smallest absolute Gasteiger partial charge is 0.145 e. The van der Waals surface area contributed by atoms with E-state index in [-0.39, 0.29) is 12.2 Å². The van der Waals surface area contributed by atoms with E-state index < -0.39 is 0 Å². The third-order valence-electron chi connectivity index (χ3n) is 2.54. The topological polar surface area (TPSA) is 47.3 Å². The monoisotopic (exact) mass is 196 g/mol. The molecule has 1 aliphatic rings. The van der Waals surface area contributed by atoms with Crippen LogP contribution >= 0.6 is 0 Å². The average Bonchev–Trinajstić information content (AvgIpc) is 2.49. The van der Waals surface area contributed by atoms with Crippen LogP contribution in [0.15, 0.2) is 4.52 Å². The van der Waals surface area contributed by atoms with Gasteiger partial charge in [-0.05, 0) is 20.9 Å². The van der Waals surface area contributed by atoms with Crippen LogP contribution in [0.4, 0.5) is 0 Å². The molecule has 1 N–H and O–H groups in total. The molecule has 2 heterocycles. The highest BCUT2D eigenvalue weighted by atomic mass is 16.5. The molecule has 4 nitrogen and oxygen atoms in total. The fourth-order valence-electron chi connectivity index (χ4n) is 2.00. The lowest BCUT2D eigenvalue weighted by Gasteiger charge is -2.24. The van der Waals surface area contributed by atoms with Crippen LogP contribution in [-0.4, -0.2) is 18.3 Å². The summed E-state index contributed by atoms with van der Waals surface area (Å²) in [5, 5.41) is 7.13. The highest BCUT2D eigenvalue weighted by molar-refractivity contribution is 5.27. The molecule has 2 rings (SSSR count). The highest BCUT2D eigenvalue weighted by Gasteiger charge is 2.28.